The fraction of sp³-hybridized carbons (Fsp3) is 0.0526. The predicted octanol–water partition coefficient (Wildman–Crippen LogP) is 1.49. The zero-order valence-electron chi connectivity index (χ0n) is 12.3. The van der Waals surface area contributed by atoms with Crippen molar-refractivity contribution < 1.29 is 17.1 Å². The third-order valence-electron chi connectivity index (χ3n) is 3.83. The minimum absolute atomic E-state index is 0. The van der Waals surface area contributed by atoms with Gasteiger partial charge in [-0.15, -0.1) is 0 Å². The van der Waals surface area contributed by atoms with E-state index in [-0.39, 0.29) is 12.4 Å². The van der Waals surface area contributed by atoms with Gasteiger partial charge in [-0.05, 0) is 18.2 Å². The van der Waals surface area contributed by atoms with Crippen LogP contribution in [0.5, 0.6) is 0 Å². The Morgan fingerprint density at radius 2 is 1.57 bits per heavy atom. The average Bonchev–Trinajstić information content (AvgIpc) is 2.56. The lowest BCUT2D eigenvalue weighted by atomic mass is 10.1. The lowest BCUT2D eigenvalue weighted by Gasteiger charge is -2.04. The van der Waals surface area contributed by atoms with Crippen molar-refractivity contribution in [2.75, 3.05) is 0 Å². The van der Waals surface area contributed by atoms with Crippen LogP contribution in [-0.2, 0) is 6.54 Å². The zero-order valence-corrected chi connectivity index (χ0v) is 14.6. The van der Waals surface area contributed by atoms with Crippen LogP contribution in [0.15, 0.2) is 77.3 Å². The molecule has 0 saturated heterocycles. The number of rotatable bonds is 2. The van der Waals surface area contributed by atoms with E-state index in [1.807, 2.05) is 12.1 Å². The monoisotopic (exact) mass is 384 g/mol. The number of nitrogens with zero attached hydrogens (tertiary/aromatic N) is 2. The highest BCUT2D eigenvalue weighted by atomic mass is 79.9. The van der Waals surface area contributed by atoms with Crippen molar-refractivity contribution in [1.82, 2.24) is 5.10 Å². The van der Waals surface area contributed by atoms with Crippen LogP contribution in [0.3, 0.4) is 0 Å². The summed E-state index contributed by atoms with van der Waals surface area (Å²) in [5.41, 5.74) is 3.41. The molecule has 4 aromatic rings. The van der Waals surface area contributed by atoms with Crippen LogP contribution in [0.25, 0.3) is 21.8 Å². The standard InChI is InChI=1S/C19H14BrN2.ClH/c20-15-10-11-19-17(12-15)16-8-4-5-9-18(16)21-22(19)13-14-6-2-1-3-7-14;/h1-12H,13H2;1H/q+1;/p-1. The van der Waals surface area contributed by atoms with E-state index in [9.17, 15) is 0 Å². The van der Waals surface area contributed by atoms with Gasteiger partial charge in [0.25, 0.3) is 0 Å². The van der Waals surface area contributed by atoms with Gasteiger partial charge in [0.1, 0.15) is 5.52 Å². The Morgan fingerprint density at radius 3 is 2.39 bits per heavy atom. The Bertz CT molecular complexity index is 971. The first-order valence-electron chi connectivity index (χ1n) is 7.23. The second-order valence-corrected chi connectivity index (χ2v) is 6.24. The molecule has 0 radical (unpaired) electrons. The van der Waals surface area contributed by atoms with E-state index in [4.69, 9.17) is 5.10 Å². The number of benzene rings is 3. The van der Waals surface area contributed by atoms with Crippen molar-refractivity contribution >= 4 is 37.7 Å². The molecule has 1 aromatic heterocycles. The predicted molar refractivity (Wildman–Crippen MR) is 92.7 cm³/mol. The lowest BCUT2D eigenvalue weighted by molar-refractivity contribution is -0.719. The Labute approximate surface area is 149 Å². The van der Waals surface area contributed by atoms with Crippen LogP contribution in [-0.4, -0.2) is 5.10 Å². The Kier molecular flexibility index (Phi) is 4.60. The highest BCUT2D eigenvalue weighted by Crippen LogP contribution is 2.24. The summed E-state index contributed by atoms with van der Waals surface area (Å²) in [6.07, 6.45) is 0. The summed E-state index contributed by atoms with van der Waals surface area (Å²) >= 11 is 3.58. The van der Waals surface area contributed by atoms with Crippen molar-refractivity contribution in [1.29, 1.82) is 0 Å². The summed E-state index contributed by atoms with van der Waals surface area (Å²) < 4.78 is 3.17. The first-order chi connectivity index (χ1) is 10.8. The fourth-order valence-electron chi connectivity index (χ4n) is 2.80. The van der Waals surface area contributed by atoms with Gasteiger partial charge in [0.15, 0.2) is 6.54 Å². The lowest BCUT2D eigenvalue weighted by Crippen LogP contribution is -3.00. The molecule has 0 fully saturated rings. The summed E-state index contributed by atoms with van der Waals surface area (Å²) in [6, 6.07) is 25.1. The van der Waals surface area contributed by atoms with Crippen molar-refractivity contribution in [2.24, 2.45) is 0 Å². The highest BCUT2D eigenvalue weighted by Gasteiger charge is 2.15. The topological polar surface area (TPSA) is 16.8 Å². The first-order valence-corrected chi connectivity index (χ1v) is 8.03. The SMILES string of the molecule is Brc1ccc2c(c1)c1ccccc1n[n+]2Cc1ccccc1.[Cl-]. The quantitative estimate of drug-likeness (QED) is 0.377. The van der Waals surface area contributed by atoms with E-state index in [1.165, 1.54) is 16.3 Å². The van der Waals surface area contributed by atoms with Gasteiger partial charge < -0.3 is 12.4 Å². The molecular formula is C19H14BrClN2. The van der Waals surface area contributed by atoms with Crippen LogP contribution in [0, 0.1) is 0 Å². The minimum Gasteiger partial charge on any atom is -1.00 e. The van der Waals surface area contributed by atoms with Gasteiger partial charge in [-0.3, -0.25) is 0 Å². The second kappa shape index (κ2) is 6.65. The van der Waals surface area contributed by atoms with Gasteiger partial charge in [0.2, 0.25) is 5.52 Å². The van der Waals surface area contributed by atoms with Crippen molar-refractivity contribution in [3.05, 3.63) is 82.8 Å². The number of fused-ring (bicyclic) bond motifs is 3. The van der Waals surface area contributed by atoms with Crippen LogP contribution in [0.2, 0.25) is 0 Å². The third-order valence-corrected chi connectivity index (χ3v) is 4.33. The molecule has 114 valence electrons. The van der Waals surface area contributed by atoms with Crippen LogP contribution < -0.4 is 17.1 Å². The smallest absolute Gasteiger partial charge is 0.240 e. The number of hydrogen-bond donors (Lipinski definition) is 0. The number of halogens is 2. The molecule has 0 aliphatic rings. The third kappa shape index (κ3) is 3.07. The maximum atomic E-state index is 4.83. The molecule has 1 heterocycles. The summed E-state index contributed by atoms with van der Waals surface area (Å²) in [7, 11) is 0. The highest BCUT2D eigenvalue weighted by molar-refractivity contribution is 9.10. The van der Waals surface area contributed by atoms with Crippen molar-refractivity contribution in [2.45, 2.75) is 6.54 Å². The van der Waals surface area contributed by atoms with Gasteiger partial charge in [-0.25, -0.2) is 0 Å². The Hall–Kier alpha value is -1.97. The van der Waals surface area contributed by atoms with Gasteiger partial charge in [-0.2, -0.15) is 0 Å². The molecule has 0 atom stereocenters. The average molecular weight is 386 g/mol. The van der Waals surface area contributed by atoms with E-state index in [1.54, 1.807) is 0 Å². The number of aromatic nitrogens is 2. The summed E-state index contributed by atoms with van der Waals surface area (Å²) in [5, 5.41) is 7.23. The summed E-state index contributed by atoms with van der Waals surface area (Å²) in [6.45, 7) is 0.768. The molecule has 0 amide bonds. The molecule has 23 heavy (non-hydrogen) atoms. The van der Waals surface area contributed by atoms with E-state index in [0.717, 1.165) is 22.1 Å². The number of hydrogen-bond acceptors (Lipinski definition) is 1. The van der Waals surface area contributed by atoms with Gasteiger partial charge in [0, 0.05) is 26.6 Å². The van der Waals surface area contributed by atoms with E-state index >= 15 is 0 Å². The molecule has 0 unspecified atom stereocenters. The molecular weight excluding hydrogens is 372 g/mol. The molecule has 0 N–H and O–H groups in total. The molecule has 0 spiro atoms. The molecule has 0 bridgehead atoms. The molecule has 4 rings (SSSR count). The first kappa shape index (κ1) is 15.9. The molecule has 0 saturated carbocycles. The van der Waals surface area contributed by atoms with Crippen LogP contribution in [0.4, 0.5) is 0 Å². The normalized spacial score (nSPS) is 10.7. The van der Waals surface area contributed by atoms with Gasteiger partial charge in [0.05, 0.1) is 5.39 Å². The molecule has 2 nitrogen and oxygen atoms in total. The van der Waals surface area contributed by atoms with Crippen molar-refractivity contribution in [3.8, 4) is 0 Å². The zero-order chi connectivity index (χ0) is 14.9. The maximum absolute atomic E-state index is 4.83. The summed E-state index contributed by atoms with van der Waals surface area (Å²) in [4.78, 5) is 0. The van der Waals surface area contributed by atoms with E-state index in [0.29, 0.717) is 0 Å². The van der Waals surface area contributed by atoms with Crippen LogP contribution in [0.1, 0.15) is 5.56 Å². The van der Waals surface area contributed by atoms with Gasteiger partial charge >= 0.3 is 0 Å². The summed E-state index contributed by atoms with van der Waals surface area (Å²) in [5.74, 6) is 0. The largest absolute Gasteiger partial charge is 1.00 e. The van der Waals surface area contributed by atoms with E-state index < -0.39 is 0 Å². The molecule has 0 aliphatic carbocycles. The minimum atomic E-state index is 0. The second-order valence-electron chi connectivity index (χ2n) is 5.32. The van der Waals surface area contributed by atoms with Crippen LogP contribution >= 0.6 is 15.9 Å². The van der Waals surface area contributed by atoms with E-state index in [2.05, 4.69) is 81.3 Å². The molecule has 3 aromatic carbocycles. The van der Waals surface area contributed by atoms with Gasteiger partial charge in [-0.1, -0.05) is 69.1 Å². The van der Waals surface area contributed by atoms with Crippen molar-refractivity contribution in [3.63, 3.8) is 0 Å². The molecule has 4 heteroatoms. The fourth-order valence-corrected chi connectivity index (χ4v) is 3.16. The maximum Gasteiger partial charge on any atom is 0.240 e. The Balaban J connectivity index is 0.00000156. The Morgan fingerprint density at radius 1 is 0.826 bits per heavy atom. The molecule has 0 aliphatic heterocycles.